The Kier molecular flexibility index (Phi) is 4.62. The van der Waals surface area contributed by atoms with Gasteiger partial charge in [-0.2, -0.15) is 0 Å². The molecular formula is C16H20BrN3S. The molecule has 1 N–H and O–H groups in total. The zero-order valence-corrected chi connectivity index (χ0v) is 14.8. The third kappa shape index (κ3) is 4.05. The lowest BCUT2D eigenvalue weighted by molar-refractivity contribution is 0.687. The molecule has 1 aliphatic carbocycles. The van der Waals surface area contributed by atoms with Crippen LogP contribution < -0.4 is 10.2 Å². The standard InChI is InChI=1S/C16H20BrN3S/c1-11-19-14(10-21-11)9-20(2)16-6-3-12(7-15(16)17)8-18-13-4-5-13/h3,6-7,10,13,18H,4-5,8-9H2,1-2H3. The summed E-state index contributed by atoms with van der Waals surface area (Å²) in [6.07, 6.45) is 2.66. The lowest BCUT2D eigenvalue weighted by Gasteiger charge is -2.20. The van der Waals surface area contributed by atoms with Crippen molar-refractivity contribution in [3.63, 3.8) is 0 Å². The van der Waals surface area contributed by atoms with E-state index in [0.717, 1.165) is 34.3 Å². The van der Waals surface area contributed by atoms with E-state index in [1.807, 2.05) is 6.92 Å². The van der Waals surface area contributed by atoms with Crippen molar-refractivity contribution in [3.8, 4) is 0 Å². The maximum absolute atomic E-state index is 4.53. The molecule has 0 unspecified atom stereocenters. The molecule has 1 aromatic carbocycles. The van der Waals surface area contributed by atoms with Gasteiger partial charge in [-0.3, -0.25) is 0 Å². The molecule has 0 saturated heterocycles. The number of rotatable bonds is 6. The molecule has 0 aliphatic heterocycles. The summed E-state index contributed by atoms with van der Waals surface area (Å²) in [5.74, 6) is 0. The maximum atomic E-state index is 4.53. The molecule has 1 fully saturated rings. The van der Waals surface area contributed by atoms with E-state index in [9.17, 15) is 0 Å². The third-order valence-corrected chi connectivity index (χ3v) is 5.12. The molecule has 0 spiro atoms. The summed E-state index contributed by atoms with van der Waals surface area (Å²) in [6.45, 7) is 3.84. The number of aryl methyl sites for hydroxylation is 1. The fourth-order valence-corrected chi connectivity index (χ4v) is 3.66. The van der Waals surface area contributed by atoms with Crippen LogP contribution in [0.1, 0.15) is 29.1 Å². The Morgan fingerprint density at radius 1 is 1.43 bits per heavy atom. The van der Waals surface area contributed by atoms with Gasteiger partial charge in [0.15, 0.2) is 0 Å². The van der Waals surface area contributed by atoms with E-state index < -0.39 is 0 Å². The van der Waals surface area contributed by atoms with Gasteiger partial charge in [-0.05, 0) is 53.4 Å². The highest BCUT2D eigenvalue weighted by molar-refractivity contribution is 9.10. The van der Waals surface area contributed by atoms with Crippen molar-refractivity contribution in [1.82, 2.24) is 10.3 Å². The smallest absolute Gasteiger partial charge is 0.0898 e. The van der Waals surface area contributed by atoms with Crippen molar-refractivity contribution in [2.45, 2.75) is 38.9 Å². The number of aromatic nitrogens is 1. The van der Waals surface area contributed by atoms with E-state index >= 15 is 0 Å². The minimum absolute atomic E-state index is 0.749. The lowest BCUT2D eigenvalue weighted by Crippen LogP contribution is -2.18. The van der Waals surface area contributed by atoms with Crippen LogP contribution in [0.2, 0.25) is 0 Å². The molecule has 2 aromatic rings. The number of nitrogens with zero attached hydrogens (tertiary/aromatic N) is 2. The van der Waals surface area contributed by atoms with E-state index in [0.29, 0.717) is 0 Å². The van der Waals surface area contributed by atoms with Crippen molar-refractivity contribution in [1.29, 1.82) is 0 Å². The molecule has 1 heterocycles. The van der Waals surface area contributed by atoms with Gasteiger partial charge in [-0.1, -0.05) is 6.07 Å². The van der Waals surface area contributed by atoms with Gasteiger partial charge in [0.05, 0.1) is 22.9 Å². The second-order valence-electron chi connectivity index (χ2n) is 5.65. The van der Waals surface area contributed by atoms with E-state index in [2.05, 4.69) is 61.8 Å². The zero-order valence-electron chi connectivity index (χ0n) is 12.4. The Morgan fingerprint density at radius 2 is 2.24 bits per heavy atom. The van der Waals surface area contributed by atoms with E-state index in [-0.39, 0.29) is 0 Å². The average molecular weight is 366 g/mol. The predicted octanol–water partition coefficient (Wildman–Crippen LogP) is 4.10. The Bertz CT molecular complexity index is 622. The SMILES string of the molecule is Cc1nc(CN(C)c2ccc(CNC3CC3)cc2Br)cs1. The van der Waals surface area contributed by atoms with Crippen LogP contribution in [-0.4, -0.2) is 18.1 Å². The highest BCUT2D eigenvalue weighted by Gasteiger charge is 2.20. The Hall–Kier alpha value is -0.910. The minimum atomic E-state index is 0.749. The quantitative estimate of drug-likeness (QED) is 0.834. The Morgan fingerprint density at radius 3 is 2.86 bits per heavy atom. The van der Waals surface area contributed by atoms with Gasteiger partial charge in [0.1, 0.15) is 0 Å². The summed E-state index contributed by atoms with van der Waals surface area (Å²) in [4.78, 5) is 6.76. The summed E-state index contributed by atoms with van der Waals surface area (Å²) in [7, 11) is 2.11. The van der Waals surface area contributed by atoms with Crippen molar-refractivity contribution in [2.24, 2.45) is 0 Å². The molecule has 3 nitrogen and oxygen atoms in total. The maximum Gasteiger partial charge on any atom is 0.0898 e. The van der Waals surface area contributed by atoms with Crippen LogP contribution >= 0.6 is 27.3 Å². The molecule has 21 heavy (non-hydrogen) atoms. The molecule has 1 aliphatic rings. The van der Waals surface area contributed by atoms with Gasteiger partial charge in [-0.25, -0.2) is 4.98 Å². The highest BCUT2D eigenvalue weighted by atomic mass is 79.9. The second kappa shape index (κ2) is 6.46. The van der Waals surface area contributed by atoms with E-state index in [1.165, 1.54) is 24.1 Å². The summed E-state index contributed by atoms with van der Waals surface area (Å²) in [5, 5.41) is 6.80. The van der Waals surface area contributed by atoms with Gasteiger partial charge in [-0.15, -0.1) is 11.3 Å². The van der Waals surface area contributed by atoms with Gasteiger partial charge in [0.2, 0.25) is 0 Å². The van der Waals surface area contributed by atoms with Crippen molar-refractivity contribution in [3.05, 3.63) is 44.3 Å². The number of nitrogens with one attached hydrogen (secondary N) is 1. The second-order valence-corrected chi connectivity index (χ2v) is 7.57. The van der Waals surface area contributed by atoms with Crippen LogP contribution in [0, 0.1) is 6.92 Å². The fourth-order valence-electron chi connectivity index (χ4n) is 2.33. The third-order valence-electron chi connectivity index (χ3n) is 3.66. The molecular weight excluding hydrogens is 346 g/mol. The van der Waals surface area contributed by atoms with Gasteiger partial charge >= 0.3 is 0 Å². The lowest BCUT2D eigenvalue weighted by atomic mass is 10.2. The molecule has 0 amide bonds. The van der Waals surface area contributed by atoms with Crippen molar-refractivity contribution < 1.29 is 0 Å². The molecule has 0 radical (unpaired) electrons. The van der Waals surface area contributed by atoms with Crippen molar-refractivity contribution >= 4 is 33.0 Å². The number of halogens is 1. The minimum Gasteiger partial charge on any atom is -0.368 e. The van der Waals surface area contributed by atoms with Crippen LogP contribution in [0.5, 0.6) is 0 Å². The van der Waals surface area contributed by atoms with Gasteiger partial charge < -0.3 is 10.2 Å². The van der Waals surface area contributed by atoms with E-state index in [4.69, 9.17) is 0 Å². The molecule has 0 bridgehead atoms. The summed E-state index contributed by atoms with van der Waals surface area (Å²) in [6, 6.07) is 7.36. The van der Waals surface area contributed by atoms with Crippen LogP contribution in [0.25, 0.3) is 0 Å². The highest BCUT2D eigenvalue weighted by Crippen LogP contribution is 2.28. The fraction of sp³-hybridized carbons (Fsp3) is 0.438. The zero-order chi connectivity index (χ0) is 14.8. The molecule has 1 aromatic heterocycles. The summed E-state index contributed by atoms with van der Waals surface area (Å²) >= 11 is 5.41. The Balaban J connectivity index is 1.65. The Labute approximate surface area is 138 Å². The summed E-state index contributed by atoms with van der Waals surface area (Å²) in [5.41, 5.74) is 3.66. The number of thiazole rings is 1. The first-order valence-electron chi connectivity index (χ1n) is 7.26. The molecule has 3 rings (SSSR count). The number of hydrogen-bond donors (Lipinski definition) is 1. The van der Waals surface area contributed by atoms with Crippen LogP contribution in [0.15, 0.2) is 28.1 Å². The number of anilines is 1. The van der Waals surface area contributed by atoms with Crippen molar-refractivity contribution in [2.75, 3.05) is 11.9 Å². The predicted molar refractivity (Wildman–Crippen MR) is 93.0 cm³/mol. The first-order valence-corrected chi connectivity index (χ1v) is 8.93. The van der Waals surface area contributed by atoms with Gasteiger partial charge in [0.25, 0.3) is 0 Å². The van der Waals surface area contributed by atoms with E-state index in [1.54, 1.807) is 11.3 Å². The number of benzene rings is 1. The summed E-state index contributed by atoms with van der Waals surface area (Å²) < 4.78 is 1.15. The average Bonchev–Trinajstić information content (AvgIpc) is 3.19. The topological polar surface area (TPSA) is 28.2 Å². The van der Waals surface area contributed by atoms with Crippen LogP contribution in [-0.2, 0) is 13.1 Å². The molecule has 112 valence electrons. The largest absolute Gasteiger partial charge is 0.368 e. The molecule has 0 atom stereocenters. The molecule has 5 heteroatoms. The van der Waals surface area contributed by atoms with Crippen LogP contribution in [0.4, 0.5) is 5.69 Å². The van der Waals surface area contributed by atoms with Crippen LogP contribution in [0.3, 0.4) is 0 Å². The normalized spacial score (nSPS) is 14.4. The first-order chi connectivity index (χ1) is 10.1. The molecule has 1 saturated carbocycles. The first kappa shape index (κ1) is 15.0. The number of hydrogen-bond acceptors (Lipinski definition) is 4. The monoisotopic (exact) mass is 365 g/mol. The van der Waals surface area contributed by atoms with Gasteiger partial charge in [0, 0.05) is 29.5 Å².